The van der Waals surface area contributed by atoms with Gasteiger partial charge in [-0.15, -0.1) is 0 Å². The van der Waals surface area contributed by atoms with Gasteiger partial charge in [0.25, 0.3) is 0 Å². The van der Waals surface area contributed by atoms with E-state index in [-0.39, 0.29) is 24.6 Å². The van der Waals surface area contributed by atoms with Gasteiger partial charge >= 0.3 is 5.97 Å². The van der Waals surface area contributed by atoms with Crippen molar-refractivity contribution in [3.8, 4) is 11.5 Å². The molecule has 1 aromatic heterocycles. The van der Waals surface area contributed by atoms with Crippen LogP contribution in [0.2, 0.25) is 0 Å². The summed E-state index contributed by atoms with van der Waals surface area (Å²) in [6.45, 7) is 1.18. The Labute approximate surface area is 173 Å². The number of fused-ring (bicyclic) bond motifs is 1. The molecule has 7 nitrogen and oxygen atoms in total. The van der Waals surface area contributed by atoms with Gasteiger partial charge in [0.15, 0.2) is 11.5 Å². The highest BCUT2D eigenvalue weighted by Gasteiger charge is 2.33. The van der Waals surface area contributed by atoms with Gasteiger partial charge in [0.05, 0.1) is 0 Å². The van der Waals surface area contributed by atoms with Crippen LogP contribution in [0.15, 0.2) is 66.9 Å². The first kappa shape index (κ1) is 18.4. The van der Waals surface area contributed by atoms with Crippen molar-refractivity contribution in [3.63, 3.8) is 0 Å². The fraction of sp³-hybridized carbons (Fsp3) is 0.217. The van der Waals surface area contributed by atoms with Gasteiger partial charge in [0.1, 0.15) is 23.6 Å². The molecule has 0 saturated carbocycles. The zero-order valence-electron chi connectivity index (χ0n) is 16.1. The van der Waals surface area contributed by atoms with Crippen molar-refractivity contribution in [2.45, 2.75) is 12.2 Å². The summed E-state index contributed by atoms with van der Waals surface area (Å²) in [6.07, 6.45) is 1.09. The van der Waals surface area contributed by atoms with E-state index in [1.165, 1.54) is 0 Å². The summed E-state index contributed by atoms with van der Waals surface area (Å²) in [6, 6.07) is 18.9. The van der Waals surface area contributed by atoms with Crippen LogP contribution in [0.5, 0.6) is 11.5 Å². The Morgan fingerprint density at radius 2 is 1.70 bits per heavy atom. The molecule has 0 unspecified atom stereocenters. The Hall–Kier alpha value is -3.58. The number of nitrogens with zero attached hydrogens (tertiary/aromatic N) is 2. The van der Waals surface area contributed by atoms with E-state index in [2.05, 4.69) is 4.98 Å². The van der Waals surface area contributed by atoms with E-state index in [4.69, 9.17) is 14.2 Å². The summed E-state index contributed by atoms with van der Waals surface area (Å²) < 4.78 is 17.4. The number of ether oxygens (including phenoxy) is 3. The van der Waals surface area contributed by atoms with Gasteiger partial charge < -0.3 is 24.2 Å². The molecule has 2 atom stereocenters. The highest BCUT2D eigenvalue weighted by molar-refractivity contribution is 5.93. The van der Waals surface area contributed by atoms with E-state index in [1.54, 1.807) is 18.3 Å². The summed E-state index contributed by atoms with van der Waals surface area (Å²) in [4.78, 5) is 18.1. The van der Waals surface area contributed by atoms with Crippen LogP contribution >= 0.6 is 0 Å². The van der Waals surface area contributed by atoms with Crippen molar-refractivity contribution < 1.29 is 24.1 Å². The van der Waals surface area contributed by atoms with Crippen LogP contribution in [0.1, 0.15) is 33.7 Å². The number of aromatic carboxylic acids is 1. The number of carbonyl (C=O) groups is 1. The number of rotatable bonds is 4. The van der Waals surface area contributed by atoms with Gasteiger partial charge in [-0.1, -0.05) is 36.4 Å². The summed E-state index contributed by atoms with van der Waals surface area (Å²) in [5, 5.41) is 9.64. The average molecular weight is 404 g/mol. The average Bonchev–Trinajstić information content (AvgIpc) is 3.27. The van der Waals surface area contributed by atoms with Crippen molar-refractivity contribution in [1.82, 2.24) is 4.98 Å². The van der Waals surface area contributed by atoms with Crippen molar-refractivity contribution in [2.75, 3.05) is 24.8 Å². The zero-order valence-corrected chi connectivity index (χ0v) is 16.1. The number of anilines is 1. The van der Waals surface area contributed by atoms with Crippen molar-refractivity contribution >= 4 is 11.8 Å². The number of morpholine rings is 1. The summed E-state index contributed by atoms with van der Waals surface area (Å²) in [7, 11) is 0. The number of hydrogen-bond donors (Lipinski definition) is 1. The van der Waals surface area contributed by atoms with Crippen LogP contribution in [0.4, 0.5) is 5.82 Å². The van der Waals surface area contributed by atoms with E-state index in [0.717, 1.165) is 11.1 Å². The molecular formula is C23H20N2O5. The van der Waals surface area contributed by atoms with Crippen LogP contribution in [0, 0.1) is 0 Å². The molecule has 1 saturated heterocycles. The quantitative estimate of drug-likeness (QED) is 0.708. The van der Waals surface area contributed by atoms with E-state index in [0.29, 0.717) is 30.4 Å². The fourth-order valence-electron chi connectivity index (χ4n) is 3.90. The van der Waals surface area contributed by atoms with Crippen LogP contribution in [-0.2, 0) is 4.74 Å². The maximum absolute atomic E-state index is 11.8. The number of carboxylic acid groups (broad SMARTS) is 1. The minimum absolute atomic E-state index is 0.177. The third kappa shape index (κ3) is 3.44. The fourth-order valence-corrected chi connectivity index (χ4v) is 3.90. The van der Waals surface area contributed by atoms with Gasteiger partial charge in [-0.25, -0.2) is 9.78 Å². The highest BCUT2D eigenvalue weighted by atomic mass is 16.7. The first-order valence-corrected chi connectivity index (χ1v) is 9.72. The smallest absolute Gasteiger partial charge is 0.339 e. The van der Waals surface area contributed by atoms with E-state index in [9.17, 15) is 9.90 Å². The van der Waals surface area contributed by atoms with E-state index in [1.807, 2.05) is 53.4 Å². The second-order valence-electron chi connectivity index (χ2n) is 7.22. The van der Waals surface area contributed by atoms with E-state index < -0.39 is 5.97 Å². The third-order valence-corrected chi connectivity index (χ3v) is 5.36. The number of benzene rings is 2. The predicted molar refractivity (Wildman–Crippen MR) is 109 cm³/mol. The SMILES string of the molecule is O=C(O)c1cccnc1N1C[C@@H](c2ccccc2)O[C@@H](c2ccc3c(c2)OCO3)C1. The second-order valence-corrected chi connectivity index (χ2v) is 7.22. The molecule has 0 radical (unpaired) electrons. The van der Waals surface area contributed by atoms with Crippen LogP contribution < -0.4 is 14.4 Å². The lowest BCUT2D eigenvalue weighted by molar-refractivity contribution is -0.0296. The highest BCUT2D eigenvalue weighted by Crippen LogP contribution is 2.39. The third-order valence-electron chi connectivity index (χ3n) is 5.36. The molecule has 3 heterocycles. The lowest BCUT2D eigenvalue weighted by atomic mass is 10.0. The molecule has 2 aliphatic heterocycles. The molecule has 0 bridgehead atoms. The maximum Gasteiger partial charge on any atom is 0.339 e. The Kier molecular flexibility index (Phi) is 4.72. The predicted octanol–water partition coefficient (Wildman–Crippen LogP) is 3.83. The summed E-state index contributed by atoms with van der Waals surface area (Å²) in [5.74, 6) is 0.845. The molecule has 5 rings (SSSR count). The number of aromatic nitrogens is 1. The van der Waals surface area contributed by atoms with Crippen molar-refractivity contribution in [1.29, 1.82) is 0 Å². The Morgan fingerprint density at radius 3 is 2.50 bits per heavy atom. The molecule has 7 heteroatoms. The molecule has 152 valence electrons. The molecule has 0 amide bonds. The molecule has 2 aromatic carbocycles. The lowest BCUT2D eigenvalue weighted by Gasteiger charge is -2.39. The van der Waals surface area contributed by atoms with Gasteiger partial charge in [0, 0.05) is 19.3 Å². The summed E-state index contributed by atoms with van der Waals surface area (Å²) >= 11 is 0. The standard InChI is InChI=1S/C23H20N2O5/c26-23(27)17-7-4-10-24-22(17)25-12-20(15-5-2-1-3-6-15)30-21(13-25)16-8-9-18-19(11-16)29-14-28-18/h1-11,20-21H,12-14H2,(H,26,27)/t20-,21+/m0/s1. The van der Waals surface area contributed by atoms with E-state index >= 15 is 0 Å². The van der Waals surface area contributed by atoms with Crippen LogP contribution in [0.3, 0.4) is 0 Å². The topological polar surface area (TPSA) is 81.1 Å². The summed E-state index contributed by atoms with van der Waals surface area (Å²) in [5.41, 5.74) is 2.15. The largest absolute Gasteiger partial charge is 0.478 e. The molecular weight excluding hydrogens is 384 g/mol. The number of hydrogen-bond acceptors (Lipinski definition) is 6. The van der Waals surface area contributed by atoms with Crippen LogP contribution in [-0.4, -0.2) is 35.9 Å². The van der Waals surface area contributed by atoms with Gasteiger partial charge in [-0.05, 0) is 35.4 Å². The zero-order chi connectivity index (χ0) is 20.5. The first-order chi connectivity index (χ1) is 14.7. The lowest BCUT2D eigenvalue weighted by Crippen LogP contribution is -2.41. The molecule has 0 aliphatic carbocycles. The van der Waals surface area contributed by atoms with Gasteiger partial charge in [0.2, 0.25) is 6.79 Å². The molecule has 3 aromatic rings. The molecule has 30 heavy (non-hydrogen) atoms. The van der Waals surface area contributed by atoms with Crippen LogP contribution in [0.25, 0.3) is 0 Å². The van der Waals surface area contributed by atoms with Crippen molar-refractivity contribution in [3.05, 3.63) is 83.6 Å². The number of carboxylic acids is 1. The molecule has 2 aliphatic rings. The Morgan fingerprint density at radius 1 is 0.933 bits per heavy atom. The van der Waals surface area contributed by atoms with Crippen molar-refractivity contribution in [2.24, 2.45) is 0 Å². The second kappa shape index (κ2) is 7.68. The first-order valence-electron chi connectivity index (χ1n) is 9.72. The normalized spacial score (nSPS) is 20.2. The number of pyridine rings is 1. The van der Waals surface area contributed by atoms with Gasteiger partial charge in [-0.2, -0.15) is 0 Å². The maximum atomic E-state index is 11.8. The molecule has 1 N–H and O–H groups in total. The minimum Gasteiger partial charge on any atom is -0.478 e. The minimum atomic E-state index is -1.000. The monoisotopic (exact) mass is 404 g/mol. The Bertz CT molecular complexity index is 1070. The molecule has 0 spiro atoms. The Balaban J connectivity index is 1.52. The molecule has 1 fully saturated rings. The van der Waals surface area contributed by atoms with Gasteiger partial charge in [-0.3, -0.25) is 0 Å².